The molecule has 192 valence electrons. The molecule has 0 saturated heterocycles. The van der Waals surface area contributed by atoms with Gasteiger partial charge in [-0.05, 0) is 48.9 Å². The fourth-order valence-electron chi connectivity index (χ4n) is 5.59. The van der Waals surface area contributed by atoms with Crippen LogP contribution < -0.4 is 11.3 Å². The first-order valence-corrected chi connectivity index (χ1v) is 12.8. The van der Waals surface area contributed by atoms with E-state index in [0.29, 0.717) is 35.3 Å². The van der Waals surface area contributed by atoms with E-state index < -0.39 is 11.6 Å². The van der Waals surface area contributed by atoms with Crippen LogP contribution >= 0.6 is 0 Å². The molecule has 7 nitrogen and oxygen atoms in total. The van der Waals surface area contributed by atoms with E-state index in [4.69, 9.17) is 15.5 Å². The Morgan fingerprint density at radius 2 is 1.89 bits per heavy atom. The van der Waals surface area contributed by atoms with Crippen molar-refractivity contribution in [3.05, 3.63) is 61.7 Å². The highest BCUT2D eigenvalue weighted by Crippen LogP contribution is 2.45. The zero-order chi connectivity index (χ0) is 26.5. The summed E-state index contributed by atoms with van der Waals surface area (Å²) in [5, 5.41) is 11.9. The molecule has 0 amide bonds. The number of aryl methyl sites for hydroxylation is 1. The highest BCUT2D eigenvalue weighted by Gasteiger charge is 2.45. The Hall–Kier alpha value is -3.10. The summed E-state index contributed by atoms with van der Waals surface area (Å²) in [5.41, 5.74) is 9.72. The highest BCUT2D eigenvalue weighted by molar-refractivity contribution is 5.93. The number of aliphatic hydroxyl groups is 1. The molecule has 0 spiro atoms. The Labute approximate surface area is 210 Å². The first kappa shape index (κ1) is 26.0. The number of nitrogens with two attached hydrogens (primary N) is 1. The van der Waals surface area contributed by atoms with Gasteiger partial charge < -0.3 is 20.1 Å². The number of halogens is 1. The standard InChI is InChI=1S/C24H22FN3O4.2C2H6/c1-3-24(31)14-6-18-21-12(8-28(18)22(29)13(14)9-32-23(24)30)19-16(26)5-4-11-10(2)15(25)7-17(27-21)20(11)19;2*1-2/h6-7,16,31H,3-5,8-9,26H2,1-2H3;2*1-2H3. The molecular formula is C28H34FN3O4. The molecule has 0 radical (unpaired) electrons. The summed E-state index contributed by atoms with van der Waals surface area (Å²) in [5.74, 6) is -1.08. The molecule has 2 unspecified atom stereocenters. The Morgan fingerprint density at radius 1 is 1.19 bits per heavy atom. The van der Waals surface area contributed by atoms with Crippen LogP contribution in [0.4, 0.5) is 4.39 Å². The second-order valence-electron chi connectivity index (χ2n) is 8.96. The Morgan fingerprint density at radius 3 is 2.56 bits per heavy atom. The Balaban J connectivity index is 0.000000726. The van der Waals surface area contributed by atoms with Crippen LogP contribution in [0.15, 0.2) is 16.9 Å². The minimum absolute atomic E-state index is 0.0731. The topological polar surface area (TPSA) is 107 Å². The molecule has 0 bridgehead atoms. The highest BCUT2D eigenvalue weighted by atomic mass is 19.1. The normalized spacial score (nSPS) is 20.8. The van der Waals surface area contributed by atoms with Crippen LogP contribution in [-0.4, -0.2) is 20.6 Å². The van der Waals surface area contributed by atoms with Gasteiger partial charge in [-0.25, -0.2) is 14.2 Å². The lowest BCUT2D eigenvalue weighted by atomic mass is 9.82. The maximum absolute atomic E-state index is 14.7. The molecule has 6 rings (SSSR count). The molecular weight excluding hydrogens is 461 g/mol. The molecule has 0 fully saturated rings. The van der Waals surface area contributed by atoms with Crippen LogP contribution in [0.1, 0.15) is 86.9 Å². The van der Waals surface area contributed by atoms with Crippen molar-refractivity contribution in [1.82, 2.24) is 9.55 Å². The van der Waals surface area contributed by atoms with E-state index in [9.17, 15) is 19.1 Å². The third-order valence-electron chi connectivity index (χ3n) is 7.42. The minimum atomic E-state index is -1.89. The molecule has 1 aliphatic carbocycles. The number of hydrogen-bond donors (Lipinski definition) is 2. The molecule has 3 aromatic rings. The molecule has 36 heavy (non-hydrogen) atoms. The van der Waals surface area contributed by atoms with Gasteiger partial charge >= 0.3 is 5.97 Å². The fourth-order valence-corrected chi connectivity index (χ4v) is 5.59. The van der Waals surface area contributed by atoms with E-state index >= 15 is 0 Å². The van der Waals surface area contributed by atoms with Crippen molar-refractivity contribution >= 4 is 16.9 Å². The van der Waals surface area contributed by atoms with Gasteiger partial charge in [0.15, 0.2) is 5.60 Å². The van der Waals surface area contributed by atoms with Crippen molar-refractivity contribution in [2.75, 3.05) is 0 Å². The van der Waals surface area contributed by atoms with E-state index in [1.807, 2.05) is 27.7 Å². The number of esters is 1. The zero-order valence-electron chi connectivity index (χ0n) is 21.8. The van der Waals surface area contributed by atoms with E-state index in [1.165, 1.54) is 6.07 Å². The van der Waals surface area contributed by atoms with Crippen LogP contribution in [0, 0.1) is 12.7 Å². The van der Waals surface area contributed by atoms with E-state index in [1.54, 1.807) is 24.5 Å². The molecule has 4 heterocycles. The Kier molecular flexibility index (Phi) is 6.79. The average molecular weight is 496 g/mol. The third kappa shape index (κ3) is 3.42. The summed E-state index contributed by atoms with van der Waals surface area (Å²) < 4.78 is 21.4. The predicted molar refractivity (Wildman–Crippen MR) is 137 cm³/mol. The summed E-state index contributed by atoms with van der Waals surface area (Å²) in [4.78, 5) is 30.5. The van der Waals surface area contributed by atoms with Gasteiger partial charge in [0.2, 0.25) is 0 Å². The van der Waals surface area contributed by atoms with Gasteiger partial charge in [0.1, 0.15) is 12.4 Å². The number of carbonyl (C=O) groups is 1. The summed E-state index contributed by atoms with van der Waals surface area (Å²) >= 11 is 0. The van der Waals surface area contributed by atoms with Gasteiger partial charge in [-0.15, -0.1) is 0 Å². The van der Waals surface area contributed by atoms with Crippen LogP contribution in [0.25, 0.3) is 22.3 Å². The lowest BCUT2D eigenvalue weighted by Crippen LogP contribution is -2.44. The molecule has 2 aliphatic heterocycles. The SMILES string of the molecule is CC.CC.CCC1(O)C(=O)OCc2c1cc1n(c2=O)Cc2c-1nc1cc(F)c(C)c3c1c2C(N)CC3. The largest absolute Gasteiger partial charge is 0.458 e. The summed E-state index contributed by atoms with van der Waals surface area (Å²) in [6.45, 7) is 11.5. The minimum Gasteiger partial charge on any atom is -0.458 e. The second-order valence-corrected chi connectivity index (χ2v) is 8.96. The number of pyridine rings is 2. The number of aromatic nitrogens is 2. The van der Waals surface area contributed by atoms with Gasteiger partial charge in [-0.1, -0.05) is 34.6 Å². The maximum atomic E-state index is 14.7. The molecule has 8 heteroatoms. The van der Waals surface area contributed by atoms with E-state index in [2.05, 4.69) is 0 Å². The number of benzene rings is 1. The number of hydrogen-bond acceptors (Lipinski definition) is 6. The van der Waals surface area contributed by atoms with Crippen LogP contribution in [0.2, 0.25) is 0 Å². The maximum Gasteiger partial charge on any atom is 0.343 e. The first-order chi connectivity index (χ1) is 17.3. The number of cyclic esters (lactones) is 1. The van der Waals surface area contributed by atoms with Crippen molar-refractivity contribution in [3.63, 3.8) is 0 Å². The smallest absolute Gasteiger partial charge is 0.343 e. The summed E-state index contributed by atoms with van der Waals surface area (Å²) in [6, 6.07) is 2.84. The van der Waals surface area contributed by atoms with Crippen molar-refractivity contribution < 1.29 is 19.0 Å². The predicted octanol–water partition coefficient (Wildman–Crippen LogP) is 4.53. The van der Waals surface area contributed by atoms with Crippen LogP contribution in [0.5, 0.6) is 0 Å². The third-order valence-corrected chi connectivity index (χ3v) is 7.42. The Bertz CT molecular complexity index is 1450. The van der Waals surface area contributed by atoms with Gasteiger partial charge in [-0.3, -0.25) is 4.79 Å². The molecule has 0 saturated carbocycles. The van der Waals surface area contributed by atoms with E-state index in [-0.39, 0.29) is 48.1 Å². The van der Waals surface area contributed by atoms with Gasteiger partial charge in [0.05, 0.1) is 29.0 Å². The van der Waals surface area contributed by atoms with E-state index in [0.717, 1.165) is 22.1 Å². The molecule has 2 atom stereocenters. The number of ether oxygens (including phenoxy) is 1. The molecule has 1 aromatic carbocycles. The summed E-state index contributed by atoms with van der Waals surface area (Å²) in [6.07, 6.45) is 1.44. The number of nitrogens with zero attached hydrogens (tertiary/aromatic N) is 2. The average Bonchev–Trinajstić information content (AvgIpc) is 3.27. The first-order valence-electron chi connectivity index (χ1n) is 12.8. The lowest BCUT2D eigenvalue weighted by Gasteiger charge is -2.31. The van der Waals surface area contributed by atoms with Gasteiger partial charge in [-0.2, -0.15) is 0 Å². The monoisotopic (exact) mass is 495 g/mol. The molecule has 2 aromatic heterocycles. The second kappa shape index (κ2) is 9.41. The summed E-state index contributed by atoms with van der Waals surface area (Å²) in [7, 11) is 0. The zero-order valence-corrected chi connectivity index (χ0v) is 21.8. The number of rotatable bonds is 1. The lowest BCUT2D eigenvalue weighted by molar-refractivity contribution is -0.172. The van der Waals surface area contributed by atoms with Gasteiger partial charge in [0.25, 0.3) is 5.56 Å². The quantitative estimate of drug-likeness (QED) is 0.376. The van der Waals surface area contributed by atoms with Crippen molar-refractivity contribution in [2.24, 2.45) is 5.73 Å². The number of fused-ring (bicyclic) bond motifs is 5. The van der Waals surface area contributed by atoms with Crippen LogP contribution in [0.3, 0.4) is 0 Å². The van der Waals surface area contributed by atoms with Crippen molar-refractivity contribution in [2.45, 2.75) is 85.6 Å². The van der Waals surface area contributed by atoms with Crippen LogP contribution in [-0.2, 0) is 34.7 Å². The molecule has 3 N–H and O–H groups in total. The molecule has 3 aliphatic rings. The van der Waals surface area contributed by atoms with Gasteiger partial charge in [0, 0.05) is 28.6 Å². The number of carbonyl (C=O) groups excluding carboxylic acids is 1. The van der Waals surface area contributed by atoms with Crippen molar-refractivity contribution in [1.29, 1.82) is 0 Å². The fraction of sp³-hybridized carbons (Fsp3) is 0.464. The van der Waals surface area contributed by atoms with Crippen molar-refractivity contribution in [3.8, 4) is 11.4 Å².